The molecule has 2 N–H and O–H groups in total. The molecule has 0 spiro atoms. The summed E-state index contributed by atoms with van der Waals surface area (Å²) in [5.74, 6) is 1.70. The number of ether oxygens (including phenoxy) is 2. The molecule has 0 bridgehead atoms. The number of hydrogen-bond acceptors (Lipinski definition) is 6. The van der Waals surface area contributed by atoms with Crippen molar-refractivity contribution in [3.05, 3.63) is 42.5 Å². The first kappa shape index (κ1) is 20.9. The molecule has 0 unspecified atom stereocenters. The van der Waals surface area contributed by atoms with Crippen LogP contribution in [0.3, 0.4) is 0 Å². The highest BCUT2D eigenvalue weighted by molar-refractivity contribution is 7.99. The van der Waals surface area contributed by atoms with Crippen LogP contribution in [-0.2, 0) is 4.79 Å². The third-order valence-electron chi connectivity index (χ3n) is 4.21. The maximum Gasteiger partial charge on any atom is 0.325 e. The van der Waals surface area contributed by atoms with Gasteiger partial charge in [-0.25, -0.2) is 4.79 Å². The first-order valence-electron chi connectivity index (χ1n) is 9.58. The van der Waals surface area contributed by atoms with E-state index in [2.05, 4.69) is 10.6 Å². The Labute approximate surface area is 174 Å². The van der Waals surface area contributed by atoms with Gasteiger partial charge in [0.2, 0.25) is 5.91 Å². The van der Waals surface area contributed by atoms with Gasteiger partial charge in [-0.2, -0.15) is 0 Å². The predicted octanol–water partition coefficient (Wildman–Crippen LogP) is 3.74. The number of thioether (sulfide) groups is 1. The molecule has 0 saturated carbocycles. The second-order valence-electron chi connectivity index (χ2n) is 6.27. The molecule has 2 aromatic rings. The zero-order valence-electron chi connectivity index (χ0n) is 16.6. The van der Waals surface area contributed by atoms with Crippen molar-refractivity contribution in [3.8, 4) is 11.5 Å². The minimum Gasteiger partial charge on any atom is -0.490 e. The molecule has 29 heavy (non-hydrogen) atoms. The normalized spacial score (nSPS) is 12.7. The molecule has 1 heterocycles. The third kappa shape index (κ3) is 5.57. The molecular formula is C21H25N3O4S. The van der Waals surface area contributed by atoms with Crippen LogP contribution < -0.4 is 25.0 Å². The average Bonchev–Trinajstić information content (AvgIpc) is 2.70. The molecule has 0 radical (unpaired) electrons. The summed E-state index contributed by atoms with van der Waals surface area (Å²) in [6.07, 6.45) is 0. The van der Waals surface area contributed by atoms with E-state index >= 15 is 0 Å². The van der Waals surface area contributed by atoms with Crippen LogP contribution in [-0.4, -0.2) is 44.0 Å². The van der Waals surface area contributed by atoms with Crippen LogP contribution in [0.25, 0.3) is 0 Å². The van der Waals surface area contributed by atoms with E-state index in [9.17, 15) is 9.59 Å². The molecule has 7 nitrogen and oxygen atoms in total. The number of carbonyl (C=O) groups excluding carboxylic acids is 2. The Hall–Kier alpha value is -2.87. The number of urea groups is 1. The molecule has 0 aromatic heterocycles. The molecule has 3 amide bonds. The summed E-state index contributed by atoms with van der Waals surface area (Å²) in [7, 11) is 0. The van der Waals surface area contributed by atoms with Crippen molar-refractivity contribution in [3.63, 3.8) is 0 Å². The summed E-state index contributed by atoms with van der Waals surface area (Å²) >= 11 is 1.77. The molecule has 0 atom stereocenters. The number of rotatable bonds is 7. The van der Waals surface area contributed by atoms with E-state index in [1.165, 1.54) is 0 Å². The van der Waals surface area contributed by atoms with Gasteiger partial charge in [-0.15, -0.1) is 11.8 Å². The van der Waals surface area contributed by atoms with Crippen molar-refractivity contribution < 1.29 is 19.1 Å². The fraction of sp³-hybridized carbons (Fsp3) is 0.333. The maximum absolute atomic E-state index is 12.4. The van der Waals surface area contributed by atoms with Crippen LogP contribution in [0.4, 0.5) is 16.2 Å². The Balaban J connectivity index is 1.58. The number of hydrogen-bond donors (Lipinski definition) is 2. The molecule has 8 heteroatoms. The molecule has 2 aromatic carbocycles. The minimum atomic E-state index is -0.582. The minimum absolute atomic E-state index is 0.123. The summed E-state index contributed by atoms with van der Waals surface area (Å²) in [5, 5.41) is 5.06. The molecule has 154 valence electrons. The SMILES string of the molecule is CCOc1ccc(NC(=O)NC(=O)CN2CCSc3ccccc32)cc1OCC. The smallest absolute Gasteiger partial charge is 0.325 e. The van der Waals surface area contributed by atoms with Crippen LogP contribution in [0.1, 0.15) is 13.8 Å². The predicted molar refractivity (Wildman–Crippen MR) is 115 cm³/mol. The number of anilines is 2. The fourth-order valence-electron chi connectivity index (χ4n) is 3.02. The van der Waals surface area contributed by atoms with E-state index in [4.69, 9.17) is 9.47 Å². The van der Waals surface area contributed by atoms with Gasteiger partial charge >= 0.3 is 6.03 Å². The number of amides is 3. The van der Waals surface area contributed by atoms with Gasteiger partial charge in [0.1, 0.15) is 0 Å². The van der Waals surface area contributed by atoms with Crippen LogP contribution in [0.15, 0.2) is 47.4 Å². The van der Waals surface area contributed by atoms with Gasteiger partial charge in [0, 0.05) is 28.9 Å². The summed E-state index contributed by atoms with van der Waals surface area (Å²) in [5.41, 5.74) is 1.54. The zero-order valence-corrected chi connectivity index (χ0v) is 17.4. The van der Waals surface area contributed by atoms with E-state index in [-0.39, 0.29) is 12.5 Å². The molecular weight excluding hydrogens is 390 g/mol. The largest absolute Gasteiger partial charge is 0.490 e. The highest BCUT2D eigenvalue weighted by Gasteiger charge is 2.20. The summed E-state index contributed by atoms with van der Waals surface area (Å²) in [4.78, 5) is 27.7. The lowest BCUT2D eigenvalue weighted by atomic mass is 10.2. The number of para-hydroxylation sites is 1. The van der Waals surface area contributed by atoms with Gasteiger partial charge in [-0.1, -0.05) is 12.1 Å². The monoisotopic (exact) mass is 415 g/mol. The Bertz CT molecular complexity index is 875. The van der Waals surface area contributed by atoms with E-state index in [1.807, 2.05) is 43.0 Å². The number of imide groups is 1. The Morgan fingerprint density at radius 1 is 1.07 bits per heavy atom. The molecule has 0 saturated heterocycles. The van der Waals surface area contributed by atoms with Crippen molar-refractivity contribution in [2.75, 3.05) is 42.3 Å². The van der Waals surface area contributed by atoms with Gasteiger partial charge in [-0.05, 0) is 38.1 Å². The van der Waals surface area contributed by atoms with Crippen molar-refractivity contribution in [1.29, 1.82) is 0 Å². The van der Waals surface area contributed by atoms with Gasteiger partial charge in [0.15, 0.2) is 11.5 Å². The molecule has 0 fully saturated rings. The van der Waals surface area contributed by atoms with Gasteiger partial charge in [0.05, 0.1) is 25.4 Å². The first-order valence-corrected chi connectivity index (χ1v) is 10.6. The first-order chi connectivity index (χ1) is 14.1. The molecule has 1 aliphatic rings. The third-order valence-corrected chi connectivity index (χ3v) is 5.26. The van der Waals surface area contributed by atoms with Crippen LogP contribution in [0.5, 0.6) is 11.5 Å². The van der Waals surface area contributed by atoms with Crippen LogP contribution in [0.2, 0.25) is 0 Å². The van der Waals surface area contributed by atoms with Gasteiger partial charge in [0.25, 0.3) is 0 Å². The number of nitrogens with zero attached hydrogens (tertiary/aromatic N) is 1. The van der Waals surface area contributed by atoms with Gasteiger partial charge in [-0.3, -0.25) is 10.1 Å². The summed E-state index contributed by atoms with van der Waals surface area (Å²) < 4.78 is 11.1. The second-order valence-corrected chi connectivity index (χ2v) is 7.40. The zero-order chi connectivity index (χ0) is 20.6. The number of carbonyl (C=O) groups is 2. The fourth-order valence-corrected chi connectivity index (χ4v) is 4.07. The number of nitrogens with one attached hydrogen (secondary N) is 2. The van der Waals surface area contributed by atoms with Gasteiger partial charge < -0.3 is 19.7 Å². The van der Waals surface area contributed by atoms with Crippen molar-refractivity contribution in [2.45, 2.75) is 18.7 Å². The van der Waals surface area contributed by atoms with Crippen molar-refractivity contribution >= 4 is 35.1 Å². The molecule has 0 aliphatic carbocycles. The number of fused-ring (bicyclic) bond motifs is 1. The lowest BCUT2D eigenvalue weighted by molar-refractivity contribution is -0.118. The summed E-state index contributed by atoms with van der Waals surface area (Å²) in [6.45, 7) is 5.63. The van der Waals surface area contributed by atoms with Crippen molar-refractivity contribution in [1.82, 2.24) is 5.32 Å². The Morgan fingerprint density at radius 3 is 2.62 bits per heavy atom. The van der Waals surface area contributed by atoms with E-state index in [1.54, 1.807) is 30.0 Å². The number of benzene rings is 2. The van der Waals surface area contributed by atoms with Crippen molar-refractivity contribution in [2.24, 2.45) is 0 Å². The lowest BCUT2D eigenvalue weighted by Gasteiger charge is -2.30. The average molecular weight is 416 g/mol. The van der Waals surface area contributed by atoms with E-state index in [0.717, 1.165) is 22.9 Å². The van der Waals surface area contributed by atoms with E-state index < -0.39 is 6.03 Å². The lowest BCUT2D eigenvalue weighted by Crippen LogP contribution is -2.43. The van der Waals surface area contributed by atoms with E-state index in [0.29, 0.717) is 30.4 Å². The van der Waals surface area contributed by atoms with Crippen LogP contribution in [0, 0.1) is 0 Å². The van der Waals surface area contributed by atoms with Crippen LogP contribution >= 0.6 is 11.8 Å². The Kier molecular flexibility index (Phi) is 7.24. The Morgan fingerprint density at radius 2 is 1.83 bits per heavy atom. The highest BCUT2D eigenvalue weighted by atomic mass is 32.2. The summed E-state index contributed by atoms with van der Waals surface area (Å²) in [6, 6.07) is 12.5. The maximum atomic E-state index is 12.4. The standard InChI is InChI=1S/C21H25N3O4S/c1-3-27-17-10-9-15(13-18(17)28-4-2)22-21(26)23-20(25)14-24-11-12-29-19-8-6-5-7-16(19)24/h5-10,13H,3-4,11-12,14H2,1-2H3,(H2,22,23,25,26). The highest BCUT2D eigenvalue weighted by Crippen LogP contribution is 2.34. The quantitative estimate of drug-likeness (QED) is 0.717. The molecule has 3 rings (SSSR count). The molecule has 1 aliphatic heterocycles. The second kappa shape index (κ2) is 10.1. The topological polar surface area (TPSA) is 79.9 Å².